The molecule has 65 heavy (non-hydrogen) atoms. The van der Waals surface area contributed by atoms with Crippen LogP contribution >= 0.6 is 11.3 Å². The standard InChI is InChI=1S/C55H30N4O2S.C3H8/c1-2-11-35-31(10-1)22-27-50-51(35)43-28-32(23-26-49(43)62-50)36-15-9-16-42-37-12-3-6-17-44(37)59(52(36)42)55-57-53(33-20-24-40-38-13-4-7-18-45(38)60-47(40)29-33)56-54(58-55)34-21-25-41-39-14-5-8-19-46(39)61-48(41)30-34;1-3-2/h1-30H;3H2,1-2H3. The molecule has 0 fully saturated rings. The van der Waals surface area contributed by atoms with E-state index in [0.717, 1.165) is 87.9 Å². The normalized spacial score (nSPS) is 11.9. The molecule has 14 aromatic rings. The van der Waals surface area contributed by atoms with Gasteiger partial charge in [0, 0.05) is 69.2 Å². The minimum Gasteiger partial charge on any atom is -0.456 e. The van der Waals surface area contributed by atoms with Crippen molar-refractivity contribution in [3.63, 3.8) is 0 Å². The van der Waals surface area contributed by atoms with Crippen molar-refractivity contribution in [3.8, 4) is 39.9 Å². The van der Waals surface area contributed by atoms with Crippen LogP contribution in [0.15, 0.2) is 191 Å². The fourth-order valence-electron chi connectivity index (χ4n) is 9.63. The van der Waals surface area contributed by atoms with E-state index in [-0.39, 0.29) is 0 Å². The Morgan fingerprint density at radius 2 is 0.985 bits per heavy atom. The van der Waals surface area contributed by atoms with E-state index >= 15 is 0 Å². The molecule has 6 nitrogen and oxygen atoms in total. The van der Waals surface area contributed by atoms with Gasteiger partial charge in [0.05, 0.1) is 11.0 Å². The van der Waals surface area contributed by atoms with Gasteiger partial charge in [0.2, 0.25) is 5.95 Å². The Hall–Kier alpha value is -8.13. The summed E-state index contributed by atoms with van der Waals surface area (Å²) < 4.78 is 17.5. The van der Waals surface area contributed by atoms with Gasteiger partial charge in [-0.3, -0.25) is 4.57 Å². The number of fused-ring (bicyclic) bond motifs is 14. The summed E-state index contributed by atoms with van der Waals surface area (Å²) in [4.78, 5) is 15.9. The van der Waals surface area contributed by atoms with Gasteiger partial charge < -0.3 is 8.83 Å². The van der Waals surface area contributed by atoms with Crippen LogP contribution in [0.5, 0.6) is 0 Å². The summed E-state index contributed by atoms with van der Waals surface area (Å²) in [7, 11) is 0. The van der Waals surface area contributed by atoms with E-state index in [4.69, 9.17) is 23.8 Å². The molecule has 308 valence electrons. The maximum absolute atomic E-state index is 6.38. The van der Waals surface area contributed by atoms with Crippen LogP contribution in [-0.4, -0.2) is 19.5 Å². The molecule has 0 atom stereocenters. The summed E-state index contributed by atoms with van der Waals surface area (Å²) in [5.41, 5.74) is 9.15. The monoisotopic (exact) mass is 854 g/mol. The minimum absolute atomic E-state index is 0.520. The Kier molecular flexibility index (Phi) is 8.48. The molecule has 0 radical (unpaired) electrons. The van der Waals surface area contributed by atoms with Crippen molar-refractivity contribution in [1.29, 1.82) is 0 Å². The molecule has 0 aliphatic carbocycles. The van der Waals surface area contributed by atoms with Crippen LogP contribution in [0.3, 0.4) is 0 Å². The Labute approximate surface area is 376 Å². The highest BCUT2D eigenvalue weighted by Gasteiger charge is 2.22. The Morgan fingerprint density at radius 3 is 1.68 bits per heavy atom. The molecular formula is C58H38N4O2S. The van der Waals surface area contributed by atoms with Crippen LogP contribution < -0.4 is 0 Å². The maximum atomic E-state index is 6.38. The number of benzene rings is 9. The molecule has 5 aromatic heterocycles. The Balaban J connectivity index is 0.00000138. The van der Waals surface area contributed by atoms with Crippen LogP contribution in [0.25, 0.3) is 136 Å². The van der Waals surface area contributed by atoms with Crippen molar-refractivity contribution >= 4 is 108 Å². The first-order valence-electron chi connectivity index (χ1n) is 22.1. The lowest BCUT2D eigenvalue weighted by molar-refractivity contribution is 0.668. The highest BCUT2D eigenvalue weighted by Crippen LogP contribution is 2.43. The topological polar surface area (TPSA) is 69.9 Å². The molecule has 0 bridgehead atoms. The highest BCUT2D eigenvalue weighted by atomic mass is 32.1. The smallest absolute Gasteiger partial charge is 0.238 e. The lowest BCUT2D eigenvalue weighted by Gasteiger charge is -2.13. The fraction of sp³-hybridized carbons (Fsp3) is 0.0517. The van der Waals surface area contributed by atoms with E-state index in [2.05, 4.69) is 152 Å². The number of para-hydroxylation sites is 4. The minimum atomic E-state index is 0.520. The molecule has 0 unspecified atom stereocenters. The van der Waals surface area contributed by atoms with E-state index in [1.54, 1.807) is 0 Å². The molecule has 7 heteroatoms. The largest absolute Gasteiger partial charge is 0.456 e. The van der Waals surface area contributed by atoms with Gasteiger partial charge in [-0.1, -0.05) is 142 Å². The van der Waals surface area contributed by atoms with E-state index < -0.39 is 0 Å². The zero-order chi connectivity index (χ0) is 43.2. The molecular weight excluding hydrogens is 817 g/mol. The van der Waals surface area contributed by atoms with Crippen LogP contribution in [0.4, 0.5) is 0 Å². The summed E-state index contributed by atoms with van der Waals surface area (Å²) in [5, 5.41) is 11.5. The predicted molar refractivity (Wildman–Crippen MR) is 271 cm³/mol. The first kappa shape index (κ1) is 37.4. The van der Waals surface area contributed by atoms with Crippen LogP contribution in [0, 0.1) is 0 Å². The van der Waals surface area contributed by atoms with Crippen molar-refractivity contribution in [2.45, 2.75) is 20.3 Å². The van der Waals surface area contributed by atoms with Crippen LogP contribution in [-0.2, 0) is 0 Å². The Bertz CT molecular complexity index is 4080. The molecule has 14 rings (SSSR count). The van der Waals surface area contributed by atoms with E-state index in [1.807, 2.05) is 59.9 Å². The third-order valence-electron chi connectivity index (χ3n) is 12.5. The van der Waals surface area contributed by atoms with E-state index in [0.29, 0.717) is 17.6 Å². The fourth-order valence-corrected chi connectivity index (χ4v) is 10.7. The number of thiophene rings is 1. The lowest BCUT2D eigenvalue weighted by Crippen LogP contribution is -2.07. The highest BCUT2D eigenvalue weighted by molar-refractivity contribution is 7.26. The van der Waals surface area contributed by atoms with Gasteiger partial charge in [-0.05, 0) is 77.0 Å². The summed E-state index contributed by atoms with van der Waals surface area (Å²) in [5.74, 6) is 1.60. The van der Waals surface area contributed by atoms with Crippen molar-refractivity contribution in [3.05, 3.63) is 182 Å². The van der Waals surface area contributed by atoms with E-state index in [9.17, 15) is 0 Å². The first-order chi connectivity index (χ1) is 32.1. The summed E-state index contributed by atoms with van der Waals surface area (Å²) in [6.45, 7) is 4.25. The van der Waals surface area contributed by atoms with Gasteiger partial charge in [-0.15, -0.1) is 11.3 Å². The molecule has 9 aromatic carbocycles. The number of nitrogens with zero attached hydrogens (tertiary/aromatic N) is 4. The second-order valence-corrected chi connectivity index (χ2v) is 17.7. The van der Waals surface area contributed by atoms with Crippen molar-refractivity contribution in [1.82, 2.24) is 19.5 Å². The van der Waals surface area contributed by atoms with Gasteiger partial charge in [-0.2, -0.15) is 9.97 Å². The molecule has 0 aliphatic heterocycles. The average Bonchev–Trinajstić information content (AvgIpc) is 4.12. The molecule has 0 saturated carbocycles. The van der Waals surface area contributed by atoms with Crippen LogP contribution in [0.2, 0.25) is 0 Å². The number of rotatable bonds is 4. The molecule has 0 amide bonds. The lowest BCUT2D eigenvalue weighted by atomic mass is 9.98. The zero-order valence-corrected chi connectivity index (χ0v) is 36.4. The molecule has 5 heterocycles. The van der Waals surface area contributed by atoms with Gasteiger partial charge >= 0.3 is 0 Å². The first-order valence-corrected chi connectivity index (χ1v) is 22.9. The average molecular weight is 855 g/mol. The molecule has 0 saturated heterocycles. The molecule has 0 N–H and O–H groups in total. The van der Waals surface area contributed by atoms with Gasteiger partial charge in [0.25, 0.3) is 0 Å². The third-order valence-corrected chi connectivity index (χ3v) is 13.6. The summed E-state index contributed by atoms with van der Waals surface area (Å²) in [6, 6.07) is 63.9. The molecule has 0 aliphatic rings. The van der Waals surface area contributed by atoms with Crippen LogP contribution in [0.1, 0.15) is 20.3 Å². The van der Waals surface area contributed by atoms with Crippen molar-refractivity contribution in [2.75, 3.05) is 0 Å². The second-order valence-electron chi connectivity index (χ2n) is 16.6. The number of hydrogen-bond donors (Lipinski definition) is 0. The summed E-state index contributed by atoms with van der Waals surface area (Å²) >= 11 is 1.84. The van der Waals surface area contributed by atoms with Gasteiger partial charge in [-0.25, -0.2) is 4.98 Å². The Morgan fingerprint density at radius 1 is 0.431 bits per heavy atom. The molecule has 0 spiro atoms. The van der Waals surface area contributed by atoms with E-state index in [1.165, 1.54) is 37.4 Å². The van der Waals surface area contributed by atoms with Crippen molar-refractivity contribution < 1.29 is 8.83 Å². The SMILES string of the molecule is CCC.c1ccc2c(c1)ccc1sc3ccc(-c4cccc5c6ccccc6n(-c6nc(-c7ccc8c(c7)oc7ccccc78)nc(-c7ccc8c(c7)oc7ccccc78)n6)c45)cc3c12. The second kappa shape index (κ2) is 14.7. The number of hydrogen-bond acceptors (Lipinski definition) is 6. The number of aromatic nitrogens is 4. The van der Waals surface area contributed by atoms with Gasteiger partial charge in [0.1, 0.15) is 22.3 Å². The summed E-state index contributed by atoms with van der Waals surface area (Å²) in [6.07, 6.45) is 1.25. The maximum Gasteiger partial charge on any atom is 0.238 e. The third kappa shape index (κ3) is 5.89. The quantitative estimate of drug-likeness (QED) is 0.176. The predicted octanol–water partition coefficient (Wildman–Crippen LogP) is 16.7. The number of furan rings is 2. The zero-order valence-electron chi connectivity index (χ0n) is 35.5. The van der Waals surface area contributed by atoms with Crippen molar-refractivity contribution in [2.24, 2.45) is 0 Å². The van der Waals surface area contributed by atoms with Gasteiger partial charge in [0.15, 0.2) is 11.6 Å².